The number of hydrogen-bond acceptors (Lipinski definition) is 4. The molecule has 0 radical (unpaired) electrons. The summed E-state index contributed by atoms with van der Waals surface area (Å²) in [6.45, 7) is 0.411. The summed E-state index contributed by atoms with van der Waals surface area (Å²) in [6, 6.07) is 2.94. The molecule has 3 N–H and O–H groups in total. The molecular weight excluding hydrogens is 249 g/mol. The van der Waals surface area contributed by atoms with E-state index in [2.05, 4.69) is 15.4 Å². The Morgan fingerprint density at radius 1 is 1.58 bits per heavy atom. The third-order valence-electron chi connectivity index (χ3n) is 2.72. The maximum Gasteiger partial charge on any atom is 0.255 e. The molecular formula is C12H14FN5O. The number of aryl methyl sites for hydroxylation is 1. The number of pyridine rings is 1. The number of nitrogens with zero attached hydrogens (tertiary/aromatic N) is 3. The van der Waals surface area contributed by atoms with E-state index in [1.807, 2.05) is 13.1 Å². The van der Waals surface area contributed by atoms with Crippen molar-refractivity contribution in [1.29, 1.82) is 0 Å². The van der Waals surface area contributed by atoms with Gasteiger partial charge >= 0.3 is 0 Å². The maximum atomic E-state index is 13.0. The van der Waals surface area contributed by atoms with Crippen LogP contribution in [0.5, 0.6) is 0 Å². The first-order valence-electron chi connectivity index (χ1n) is 5.74. The molecule has 19 heavy (non-hydrogen) atoms. The van der Waals surface area contributed by atoms with Gasteiger partial charge in [0.2, 0.25) is 0 Å². The molecule has 0 fully saturated rings. The number of nitrogen functional groups attached to an aromatic ring is 1. The predicted octanol–water partition coefficient (Wildman–Crippen LogP) is 0.509. The fourth-order valence-electron chi connectivity index (χ4n) is 1.68. The molecule has 0 bridgehead atoms. The van der Waals surface area contributed by atoms with Crippen molar-refractivity contribution in [2.45, 2.75) is 6.42 Å². The third-order valence-corrected chi connectivity index (χ3v) is 2.72. The Hall–Kier alpha value is -2.44. The molecule has 0 saturated heterocycles. The molecule has 0 spiro atoms. The zero-order valence-corrected chi connectivity index (χ0v) is 10.4. The first kappa shape index (κ1) is 13.0. The van der Waals surface area contributed by atoms with Crippen LogP contribution >= 0.6 is 0 Å². The fraction of sp³-hybridized carbons (Fsp3) is 0.250. The van der Waals surface area contributed by atoms with Crippen LogP contribution in [0.2, 0.25) is 0 Å². The van der Waals surface area contributed by atoms with Gasteiger partial charge in [0.15, 0.2) is 0 Å². The Bertz CT molecular complexity index is 596. The average molecular weight is 263 g/mol. The van der Waals surface area contributed by atoms with Crippen molar-refractivity contribution in [1.82, 2.24) is 20.1 Å². The molecule has 1 amide bonds. The average Bonchev–Trinajstić information content (AvgIpc) is 2.78. The van der Waals surface area contributed by atoms with Crippen LogP contribution in [0.25, 0.3) is 0 Å². The summed E-state index contributed by atoms with van der Waals surface area (Å²) < 4.78 is 14.7. The molecule has 2 heterocycles. The number of nitrogens with one attached hydrogen (secondary N) is 1. The van der Waals surface area contributed by atoms with Crippen molar-refractivity contribution in [3.8, 4) is 0 Å². The lowest BCUT2D eigenvalue weighted by atomic mass is 10.2. The fourth-order valence-corrected chi connectivity index (χ4v) is 1.68. The molecule has 0 aliphatic heterocycles. The minimum atomic E-state index is -0.592. The summed E-state index contributed by atoms with van der Waals surface area (Å²) in [5, 5.41) is 6.69. The maximum absolute atomic E-state index is 13.0. The second-order valence-electron chi connectivity index (χ2n) is 4.04. The van der Waals surface area contributed by atoms with Gasteiger partial charge in [0, 0.05) is 31.9 Å². The van der Waals surface area contributed by atoms with Gasteiger partial charge < -0.3 is 11.1 Å². The van der Waals surface area contributed by atoms with E-state index in [1.165, 1.54) is 0 Å². The van der Waals surface area contributed by atoms with Crippen LogP contribution in [0.15, 0.2) is 24.5 Å². The van der Waals surface area contributed by atoms with Gasteiger partial charge in [-0.1, -0.05) is 0 Å². The van der Waals surface area contributed by atoms with Crippen molar-refractivity contribution in [3.63, 3.8) is 0 Å². The van der Waals surface area contributed by atoms with Crippen LogP contribution in [0.3, 0.4) is 0 Å². The number of rotatable bonds is 4. The number of halogens is 1. The van der Waals surface area contributed by atoms with Crippen LogP contribution in [-0.2, 0) is 13.5 Å². The van der Waals surface area contributed by atoms with Gasteiger partial charge in [-0.05, 0) is 12.1 Å². The molecule has 0 atom stereocenters. The molecule has 2 aromatic rings. The standard InChI is InChI=1S/C12H14FN5O/c1-18-9(3-5-17-18)2-4-15-12(19)10-6-8(13)7-16-11(10)14/h3,5-7H,2,4H2,1H3,(H2,14,16)(H,15,19). The van der Waals surface area contributed by atoms with Crippen molar-refractivity contribution in [2.75, 3.05) is 12.3 Å². The zero-order chi connectivity index (χ0) is 13.8. The number of hydrogen-bond donors (Lipinski definition) is 2. The Kier molecular flexibility index (Phi) is 3.74. The SMILES string of the molecule is Cn1nccc1CCNC(=O)c1cc(F)cnc1N. The quantitative estimate of drug-likeness (QED) is 0.841. The molecule has 2 aromatic heterocycles. The number of nitrogens with two attached hydrogens (primary N) is 1. The summed E-state index contributed by atoms with van der Waals surface area (Å²) in [5.74, 6) is -1.02. The van der Waals surface area contributed by atoms with E-state index in [1.54, 1.807) is 10.9 Å². The Morgan fingerprint density at radius 2 is 2.37 bits per heavy atom. The van der Waals surface area contributed by atoms with Gasteiger partial charge in [0.25, 0.3) is 5.91 Å². The normalized spacial score (nSPS) is 10.4. The highest BCUT2D eigenvalue weighted by Crippen LogP contribution is 2.09. The lowest BCUT2D eigenvalue weighted by Crippen LogP contribution is -2.27. The highest BCUT2D eigenvalue weighted by molar-refractivity contribution is 5.98. The van der Waals surface area contributed by atoms with Gasteiger partial charge in [-0.25, -0.2) is 9.37 Å². The van der Waals surface area contributed by atoms with Crippen LogP contribution in [-0.4, -0.2) is 27.2 Å². The lowest BCUT2D eigenvalue weighted by Gasteiger charge is -2.07. The van der Waals surface area contributed by atoms with E-state index in [0.29, 0.717) is 13.0 Å². The molecule has 0 aliphatic rings. The van der Waals surface area contributed by atoms with Crippen molar-refractivity contribution < 1.29 is 9.18 Å². The Morgan fingerprint density at radius 3 is 3.05 bits per heavy atom. The number of carbonyl (C=O) groups excluding carboxylic acids is 1. The number of carbonyl (C=O) groups is 1. The minimum Gasteiger partial charge on any atom is -0.383 e. The summed E-state index contributed by atoms with van der Waals surface area (Å²) in [7, 11) is 1.83. The van der Waals surface area contributed by atoms with Crippen molar-refractivity contribution >= 4 is 11.7 Å². The highest BCUT2D eigenvalue weighted by Gasteiger charge is 2.11. The molecule has 0 saturated carbocycles. The van der Waals surface area contributed by atoms with Gasteiger partial charge in [0.1, 0.15) is 11.6 Å². The highest BCUT2D eigenvalue weighted by atomic mass is 19.1. The van der Waals surface area contributed by atoms with E-state index < -0.39 is 11.7 Å². The lowest BCUT2D eigenvalue weighted by molar-refractivity contribution is 0.0954. The Labute approximate surface area is 109 Å². The largest absolute Gasteiger partial charge is 0.383 e. The molecule has 0 aromatic carbocycles. The van der Waals surface area contributed by atoms with Crippen molar-refractivity contribution in [3.05, 3.63) is 41.6 Å². The smallest absolute Gasteiger partial charge is 0.255 e. The Balaban J connectivity index is 1.94. The summed E-state index contributed by atoms with van der Waals surface area (Å²) in [5.41, 5.74) is 6.57. The van der Waals surface area contributed by atoms with E-state index in [0.717, 1.165) is 18.0 Å². The van der Waals surface area contributed by atoms with E-state index in [9.17, 15) is 9.18 Å². The minimum absolute atomic E-state index is 0.0134. The van der Waals surface area contributed by atoms with Crippen molar-refractivity contribution in [2.24, 2.45) is 7.05 Å². The molecule has 6 nitrogen and oxygen atoms in total. The van der Waals surface area contributed by atoms with Crippen LogP contribution in [0.1, 0.15) is 16.1 Å². The third kappa shape index (κ3) is 3.06. The monoisotopic (exact) mass is 263 g/mol. The second kappa shape index (κ2) is 5.47. The zero-order valence-electron chi connectivity index (χ0n) is 10.4. The molecule has 7 heteroatoms. The topological polar surface area (TPSA) is 85.8 Å². The van der Waals surface area contributed by atoms with E-state index >= 15 is 0 Å². The number of amides is 1. The van der Waals surface area contributed by atoms with Crippen LogP contribution < -0.4 is 11.1 Å². The number of anilines is 1. The second-order valence-corrected chi connectivity index (χ2v) is 4.04. The first-order chi connectivity index (χ1) is 9.08. The predicted molar refractivity (Wildman–Crippen MR) is 67.9 cm³/mol. The van der Waals surface area contributed by atoms with Gasteiger partial charge in [0.05, 0.1) is 11.8 Å². The summed E-state index contributed by atoms with van der Waals surface area (Å²) in [6.07, 6.45) is 3.29. The van der Waals surface area contributed by atoms with Gasteiger partial charge in [-0.3, -0.25) is 9.48 Å². The van der Waals surface area contributed by atoms with E-state index in [-0.39, 0.29) is 11.4 Å². The molecule has 2 rings (SSSR count). The van der Waals surface area contributed by atoms with Crippen LogP contribution in [0.4, 0.5) is 10.2 Å². The summed E-state index contributed by atoms with van der Waals surface area (Å²) >= 11 is 0. The number of aromatic nitrogens is 3. The van der Waals surface area contributed by atoms with E-state index in [4.69, 9.17) is 5.73 Å². The molecule has 100 valence electrons. The first-order valence-corrected chi connectivity index (χ1v) is 5.74. The summed E-state index contributed by atoms with van der Waals surface area (Å²) in [4.78, 5) is 15.4. The molecule has 0 unspecified atom stereocenters. The van der Waals surface area contributed by atoms with Gasteiger partial charge in [-0.15, -0.1) is 0 Å². The van der Waals surface area contributed by atoms with Crippen LogP contribution in [0, 0.1) is 5.82 Å². The molecule has 0 aliphatic carbocycles. The van der Waals surface area contributed by atoms with Gasteiger partial charge in [-0.2, -0.15) is 5.10 Å².